The monoisotopic (exact) mass is 284 g/mol. The van der Waals surface area contributed by atoms with Gasteiger partial charge in [0.2, 0.25) is 0 Å². The van der Waals surface area contributed by atoms with Crippen molar-refractivity contribution in [2.45, 2.75) is 6.92 Å². The van der Waals surface area contributed by atoms with Crippen LogP contribution in [0.4, 0.5) is 4.39 Å². The Bertz CT molecular complexity index is 724. The fourth-order valence-electron chi connectivity index (χ4n) is 2.13. The SMILES string of the molecule is Cc1ccc(-c2ccc(C3=NCC(=O)OC3)cc2F)cn1. The van der Waals surface area contributed by atoms with Crippen molar-refractivity contribution in [3.05, 3.63) is 53.6 Å². The molecule has 0 N–H and O–H groups in total. The van der Waals surface area contributed by atoms with Gasteiger partial charge in [0, 0.05) is 28.6 Å². The molecule has 4 nitrogen and oxygen atoms in total. The predicted molar refractivity (Wildman–Crippen MR) is 76.7 cm³/mol. The topological polar surface area (TPSA) is 51.5 Å². The average Bonchev–Trinajstić information content (AvgIpc) is 2.49. The Balaban J connectivity index is 1.93. The summed E-state index contributed by atoms with van der Waals surface area (Å²) >= 11 is 0. The quantitative estimate of drug-likeness (QED) is 0.796. The highest BCUT2D eigenvalue weighted by atomic mass is 19.1. The van der Waals surface area contributed by atoms with Gasteiger partial charge in [0.15, 0.2) is 0 Å². The molecular formula is C16H13FN2O2. The number of aliphatic imine (C=N–C) groups is 1. The van der Waals surface area contributed by atoms with Crippen LogP contribution in [0.3, 0.4) is 0 Å². The molecule has 0 atom stereocenters. The number of cyclic esters (lactones) is 1. The third kappa shape index (κ3) is 2.81. The molecule has 21 heavy (non-hydrogen) atoms. The number of aromatic nitrogens is 1. The third-order valence-electron chi connectivity index (χ3n) is 3.29. The number of benzene rings is 1. The second kappa shape index (κ2) is 5.44. The predicted octanol–water partition coefficient (Wildman–Crippen LogP) is 2.54. The molecule has 1 aliphatic rings. The average molecular weight is 284 g/mol. The molecule has 2 aromatic rings. The molecule has 1 aromatic heterocycles. The standard InChI is InChI=1S/C16H13FN2O2/c1-10-2-3-12(7-18-10)13-5-4-11(6-14(13)17)15-9-21-16(20)8-19-15/h2-7H,8-9H2,1H3. The fourth-order valence-corrected chi connectivity index (χ4v) is 2.13. The fraction of sp³-hybridized carbons (Fsp3) is 0.188. The summed E-state index contributed by atoms with van der Waals surface area (Å²) < 4.78 is 19.2. The summed E-state index contributed by atoms with van der Waals surface area (Å²) in [4.78, 5) is 19.2. The van der Waals surface area contributed by atoms with E-state index in [0.717, 1.165) is 11.3 Å². The van der Waals surface area contributed by atoms with Gasteiger partial charge in [-0.05, 0) is 19.1 Å². The summed E-state index contributed by atoms with van der Waals surface area (Å²) in [6.07, 6.45) is 1.65. The smallest absolute Gasteiger partial charge is 0.328 e. The number of rotatable bonds is 2. The van der Waals surface area contributed by atoms with Crippen molar-refractivity contribution in [1.29, 1.82) is 0 Å². The number of aryl methyl sites for hydroxylation is 1. The maximum atomic E-state index is 14.3. The molecule has 3 rings (SSSR count). The largest absolute Gasteiger partial charge is 0.458 e. The van der Waals surface area contributed by atoms with Crippen LogP contribution in [0.25, 0.3) is 11.1 Å². The van der Waals surface area contributed by atoms with Gasteiger partial charge in [-0.2, -0.15) is 0 Å². The highest BCUT2D eigenvalue weighted by Crippen LogP contribution is 2.23. The molecule has 5 heteroatoms. The van der Waals surface area contributed by atoms with E-state index < -0.39 is 0 Å². The van der Waals surface area contributed by atoms with E-state index in [1.54, 1.807) is 18.3 Å². The Morgan fingerprint density at radius 2 is 2.00 bits per heavy atom. The third-order valence-corrected chi connectivity index (χ3v) is 3.29. The van der Waals surface area contributed by atoms with Gasteiger partial charge in [0.25, 0.3) is 0 Å². The minimum Gasteiger partial charge on any atom is -0.458 e. The Hall–Kier alpha value is -2.56. The van der Waals surface area contributed by atoms with Crippen LogP contribution in [0.2, 0.25) is 0 Å². The second-order valence-electron chi connectivity index (χ2n) is 4.81. The molecule has 2 heterocycles. The number of ether oxygens (including phenoxy) is 1. The van der Waals surface area contributed by atoms with Crippen LogP contribution in [0, 0.1) is 12.7 Å². The van der Waals surface area contributed by atoms with Crippen molar-refractivity contribution in [2.75, 3.05) is 13.2 Å². The molecule has 0 aliphatic carbocycles. The van der Waals surface area contributed by atoms with E-state index in [-0.39, 0.29) is 24.9 Å². The summed E-state index contributed by atoms with van der Waals surface area (Å²) in [6.45, 7) is 1.95. The molecule has 0 saturated heterocycles. The van der Waals surface area contributed by atoms with Crippen LogP contribution in [-0.4, -0.2) is 29.8 Å². The number of carbonyl (C=O) groups is 1. The summed E-state index contributed by atoms with van der Waals surface area (Å²) in [5, 5.41) is 0. The first kappa shape index (κ1) is 13.4. The Morgan fingerprint density at radius 3 is 2.62 bits per heavy atom. The maximum absolute atomic E-state index is 14.3. The Morgan fingerprint density at radius 1 is 1.19 bits per heavy atom. The molecule has 106 valence electrons. The van der Waals surface area contributed by atoms with Crippen LogP contribution in [-0.2, 0) is 9.53 Å². The van der Waals surface area contributed by atoms with E-state index in [9.17, 15) is 9.18 Å². The normalized spacial score (nSPS) is 14.6. The molecule has 0 spiro atoms. The van der Waals surface area contributed by atoms with E-state index in [1.807, 2.05) is 19.1 Å². The Kier molecular flexibility index (Phi) is 3.48. The van der Waals surface area contributed by atoms with Crippen molar-refractivity contribution in [3.63, 3.8) is 0 Å². The maximum Gasteiger partial charge on any atom is 0.328 e. The summed E-state index contributed by atoms with van der Waals surface area (Å²) in [6, 6.07) is 8.55. The van der Waals surface area contributed by atoms with Crippen molar-refractivity contribution < 1.29 is 13.9 Å². The molecule has 0 unspecified atom stereocenters. The van der Waals surface area contributed by atoms with E-state index >= 15 is 0 Å². The van der Waals surface area contributed by atoms with Crippen molar-refractivity contribution in [3.8, 4) is 11.1 Å². The van der Waals surface area contributed by atoms with E-state index in [1.165, 1.54) is 6.07 Å². The van der Waals surface area contributed by atoms with Gasteiger partial charge >= 0.3 is 5.97 Å². The molecular weight excluding hydrogens is 271 g/mol. The van der Waals surface area contributed by atoms with Crippen molar-refractivity contribution in [1.82, 2.24) is 4.98 Å². The Labute approximate surface area is 121 Å². The summed E-state index contributed by atoms with van der Waals surface area (Å²) in [5.41, 5.74) is 3.31. The lowest BCUT2D eigenvalue weighted by molar-refractivity contribution is -0.140. The van der Waals surface area contributed by atoms with Gasteiger partial charge in [-0.15, -0.1) is 0 Å². The molecule has 1 aliphatic heterocycles. The van der Waals surface area contributed by atoms with Crippen LogP contribution >= 0.6 is 0 Å². The number of carbonyl (C=O) groups excluding carboxylic acids is 1. The molecule has 0 bridgehead atoms. The molecule has 0 amide bonds. The van der Waals surface area contributed by atoms with E-state index in [4.69, 9.17) is 4.74 Å². The first-order chi connectivity index (χ1) is 10.1. The number of hydrogen-bond donors (Lipinski definition) is 0. The van der Waals surface area contributed by atoms with Crippen LogP contribution in [0.1, 0.15) is 11.3 Å². The number of hydrogen-bond acceptors (Lipinski definition) is 4. The highest BCUT2D eigenvalue weighted by molar-refractivity contribution is 6.04. The van der Waals surface area contributed by atoms with E-state index in [0.29, 0.717) is 16.8 Å². The van der Waals surface area contributed by atoms with Crippen LogP contribution in [0.5, 0.6) is 0 Å². The minimum atomic E-state index is -0.360. The van der Waals surface area contributed by atoms with E-state index in [2.05, 4.69) is 9.98 Å². The molecule has 0 fully saturated rings. The summed E-state index contributed by atoms with van der Waals surface area (Å²) in [5.74, 6) is -0.709. The van der Waals surface area contributed by atoms with Gasteiger partial charge in [-0.1, -0.05) is 18.2 Å². The number of pyridine rings is 1. The first-order valence-corrected chi connectivity index (χ1v) is 6.55. The number of nitrogens with zero attached hydrogens (tertiary/aromatic N) is 2. The highest BCUT2D eigenvalue weighted by Gasteiger charge is 2.16. The lowest BCUT2D eigenvalue weighted by atomic mass is 10.0. The first-order valence-electron chi connectivity index (χ1n) is 6.55. The zero-order valence-electron chi connectivity index (χ0n) is 11.5. The number of halogens is 1. The number of esters is 1. The van der Waals surface area contributed by atoms with Gasteiger partial charge in [-0.25, -0.2) is 4.39 Å². The zero-order valence-corrected chi connectivity index (χ0v) is 11.5. The van der Waals surface area contributed by atoms with Gasteiger partial charge < -0.3 is 4.74 Å². The van der Waals surface area contributed by atoms with Gasteiger partial charge in [0.1, 0.15) is 19.0 Å². The van der Waals surface area contributed by atoms with Crippen LogP contribution in [0.15, 0.2) is 41.5 Å². The van der Waals surface area contributed by atoms with Crippen LogP contribution < -0.4 is 0 Å². The van der Waals surface area contributed by atoms with Crippen molar-refractivity contribution >= 4 is 11.7 Å². The lowest BCUT2D eigenvalue weighted by Crippen LogP contribution is -2.23. The molecule has 0 radical (unpaired) electrons. The minimum absolute atomic E-state index is 0.0133. The molecule has 0 saturated carbocycles. The molecule has 1 aromatic carbocycles. The second-order valence-corrected chi connectivity index (χ2v) is 4.81. The lowest BCUT2D eigenvalue weighted by Gasteiger charge is -2.13. The van der Waals surface area contributed by atoms with Gasteiger partial charge in [0.05, 0.1) is 5.71 Å². The zero-order chi connectivity index (χ0) is 14.8. The summed E-state index contributed by atoms with van der Waals surface area (Å²) in [7, 11) is 0. The van der Waals surface area contributed by atoms with Crippen molar-refractivity contribution in [2.24, 2.45) is 4.99 Å². The van der Waals surface area contributed by atoms with Gasteiger partial charge in [-0.3, -0.25) is 14.8 Å².